The molecule has 1 atom stereocenters. The van der Waals surface area contributed by atoms with E-state index in [4.69, 9.17) is 16.3 Å². The van der Waals surface area contributed by atoms with Crippen molar-refractivity contribution in [1.29, 1.82) is 0 Å². The molecule has 0 aliphatic carbocycles. The molecule has 180 valence electrons. The van der Waals surface area contributed by atoms with Crippen LogP contribution in [0.25, 0.3) is 10.9 Å². The van der Waals surface area contributed by atoms with Crippen LogP contribution in [0, 0.1) is 23.6 Å². The normalized spacial score (nSPS) is 15.4. The summed E-state index contributed by atoms with van der Waals surface area (Å²) in [5.74, 6) is 6.30. The summed E-state index contributed by atoms with van der Waals surface area (Å²) in [6.07, 6.45) is 5.59. The number of carbonyl (C=O) groups excluding carboxylic acids is 1. The van der Waals surface area contributed by atoms with Gasteiger partial charge in [0.25, 0.3) is 0 Å². The summed E-state index contributed by atoms with van der Waals surface area (Å²) in [6.45, 7) is 1.95. The van der Waals surface area contributed by atoms with Gasteiger partial charge in [0, 0.05) is 36.2 Å². The quantitative estimate of drug-likeness (QED) is 0.385. The van der Waals surface area contributed by atoms with E-state index in [1.54, 1.807) is 18.2 Å². The molecule has 2 heterocycles. The van der Waals surface area contributed by atoms with Gasteiger partial charge >= 0.3 is 0 Å². The van der Waals surface area contributed by atoms with Crippen molar-refractivity contribution in [3.8, 4) is 11.8 Å². The minimum Gasteiger partial charge on any atom is -0.380 e. The number of carbonyl (C=O) groups is 1. The second-order valence-corrected chi connectivity index (χ2v) is 8.78. The summed E-state index contributed by atoms with van der Waals surface area (Å²) in [5, 5.41) is 6.74. The fraction of sp³-hybridized carbons (Fsp3) is 0.269. The standard InChI is InChI=1S/C26H25ClFN5O2/c1-33(2)10-3-4-25(34)32-23-14-20-24(12-18(23)6-5-17-9-11-35-15-17)29-16-30-26(20)31-19-7-8-22(28)21(27)13-19/h3-4,7-8,12-14,16-17H,9-11,15H2,1-2H3,(H,32,34)(H,29,30,31)/t17-/m1/s1. The Bertz CT molecular complexity index is 1330. The van der Waals surface area contributed by atoms with Crippen molar-refractivity contribution in [1.82, 2.24) is 14.9 Å². The second kappa shape index (κ2) is 11.3. The number of anilines is 3. The highest BCUT2D eigenvalue weighted by Crippen LogP contribution is 2.30. The van der Waals surface area contributed by atoms with E-state index in [2.05, 4.69) is 32.4 Å². The number of fused-ring (bicyclic) bond motifs is 1. The molecule has 7 nitrogen and oxygen atoms in total. The number of ether oxygens (including phenoxy) is 1. The maximum atomic E-state index is 13.6. The van der Waals surface area contributed by atoms with Gasteiger partial charge in [-0.3, -0.25) is 4.79 Å². The van der Waals surface area contributed by atoms with E-state index in [9.17, 15) is 9.18 Å². The lowest BCUT2D eigenvalue weighted by Gasteiger charge is -2.12. The number of nitrogens with one attached hydrogen (secondary N) is 2. The lowest BCUT2D eigenvalue weighted by molar-refractivity contribution is -0.111. The summed E-state index contributed by atoms with van der Waals surface area (Å²) in [4.78, 5) is 23.3. The first-order valence-electron chi connectivity index (χ1n) is 11.1. The Labute approximate surface area is 208 Å². The van der Waals surface area contributed by atoms with Crippen molar-refractivity contribution in [3.05, 3.63) is 65.2 Å². The first-order valence-corrected chi connectivity index (χ1v) is 11.5. The van der Waals surface area contributed by atoms with E-state index in [1.807, 2.05) is 25.1 Å². The third kappa shape index (κ3) is 6.55. The highest BCUT2D eigenvalue weighted by atomic mass is 35.5. The monoisotopic (exact) mass is 493 g/mol. The summed E-state index contributed by atoms with van der Waals surface area (Å²) in [6, 6.07) is 7.93. The molecule has 2 aromatic carbocycles. The predicted molar refractivity (Wildman–Crippen MR) is 136 cm³/mol. The number of aromatic nitrogens is 2. The summed E-state index contributed by atoms with van der Waals surface area (Å²) < 4.78 is 19.0. The summed E-state index contributed by atoms with van der Waals surface area (Å²) in [7, 11) is 3.85. The topological polar surface area (TPSA) is 79.4 Å². The molecule has 0 spiro atoms. The van der Waals surface area contributed by atoms with Gasteiger partial charge in [-0.05, 0) is 50.8 Å². The fourth-order valence-corrected chi connectivity index (χ4v) is 3.67. The van der Waals surface area contributed by atoms with Crippen LogP contribution < -0.4 is 10.6 Å². The number of amides is 1. The highest BCUT2D eigenvalue weighted by molar-refractivity contribution is 6.31. The maximum Gasteiger partial charge on any atom is 0.248 e. The van der Waals surface area contributed by atoms with E-state index in [0.29, 0.717) is 53.4 Å². The number of hydrogen-bond donors (Lipinski definition) is 2. The molecule has 0 bridgehead atoms. The predicted octanol–water partition coefficient (Wildman–Crippen LogP) is 4.61. The fourth-order valence-electron chi connectivity index (χ4n) is 3.49. The van der Waals surface area contributed by atoms with E-state index >= 15 is 0 Å². The largest absolute Gasteiger partial charge is 0.380 e. The van der Waals surface area contributed by atoms with Gasteiger partial charge in [-0.15, -0.1) is 0 Å². The van der Waals surface area contributed by atoms with Crippen LogP contribution in [0.5, 0.6) is 0 Å². The van der Waals surface area contributed by atoms with Gasteiger partial charge in [-0.25, -0.2) is 14.4 Å². The molecule has 4 rings (SSSR count). The zero-order chi connectivity index (χ0) is 24.8. The Kier molecular flexibility index (Phi) is 7.93. The van der Waals surface area contributed by atoms with Gasteiger partial charge in [0.15, 0.2) is 0 Å². The van der Waals surface area contributed by atoms with Crippen LogP contribution in [-0.2, 0) is 9.53 Å². The molecule has 1 amide bonds. The van der Waals surface area contributed by atoms with Crippen LogP contribution in [0.2, 0.25) is 5.02 Å². The van der Waals surface area contributed by atoms with Gasteiger partial charge in [0.2, 0.25) is 5.91 Å². The molecule has 35 heavy (non-hydrogen) atoms. The van der Waals surface area contributed by atoms with Crippen LogP contribution in [0.15, 0.2) is 48.8 Å². The number of nitrogens with zero attached hydrogens (tertiary/aromatic N) is 3. The Morgan fingerprint density at radius 1 is 1.31 bits per heavy atom. The van der Waals surface area contributed by atoms with Crippen molar-refractivity contribution in [2.24, 2.45) is 5.92 Å². The molecular formula is C26H25ClFN5O2. The van der Waals surface area contributed by atoms with Gasteiger partial charge in [-0.2, -0.15) is 0 Å². The number of halogens is 2. The Morgan fingerprint density at radius 2 is 2.17 bits per heavy atom. The van der Waals surface area contributed by atoms with E-state index in [0.717, 1.165) is 6.42 Å². The van der Waals surface area contributed by atoms with Gasteiger partial charge < -0.3 is 20.3 Å². The van der Waals surface area contributed by atoms with Crippen molar-refractivity contribution >= 4 is 45.6 Å². The first-order chi connectivity index (χ1) is 16.9. The van der Waals surface area contributed by atoms with Crippen LogP contribution in [0.1, 0.15) is 12.0 Å². The Hall–Kier alpha value is -3.51. The van der Waals surface area contributed by atoms with Crippen molar-refractivity contribution in [3.63, 3.8) is 0 Å². The van der Waals surface area contributed by atoms with Crippen LogP contribution in [-0.4, -0.2) is 54.6 Å². The molecule has 0 saturated carbocycles. The average Bonchev–Trinajstić information content (AvgIpc) is 3.34. The van der Waals surface area contributed by atoms with E-state index < -0.39 is 5.82 Å². The molecule has 9 heteroatoms. The lowest BCUT2D eigenvalue weighted by atomic mass is 10.1. The van der Waals surface area contributed by atoms with Crippen molar-refractivity contribution in [2.45, 2.75) is 6.42 Å². The minimum absolute atomic E-state index is 0.000668. The number of rotatable bonds is 6. The molecule has 0 radical (unpaired) electrons. The second-order valence-electron chi connectivity index (χ2n) is 8.37. The van der Waals surface area contributed by atoms with E-state index in [1.165, 1.54) is 24.5 Å². The van der Waals surface area contributed by atoms with Crippen molar-refractivity contribution in [2.75, 3.05) is 44.5 Å². The van der Waals surface area contributed by atoms with Crippen molar-refractivity contribution < 1.29 is 13.9 Å². The Morgan fingerprint density at radius 3 is 2.91 bits per heavy atom. The number of likely N-dealkylation sites (N-methyl/N-ethyl adjacent to an activating group) is 1. The Balaban J connectivity index is 1.71. The van der Waals surface area contributed by atoms with Gasteiger partial charge in [-0.1, -0.05) is 29.5 Å². The zero-order valence-corrected chi connectivity index (χ0v) is 20.2. The zero-order valence-electron chi connectivity index (χ0n) is 19.4. The molecule has 0 unspecified atom stereocenters. The average molecular weight is 494 g/mol. The third-order valence-electron chi connectivity index (χ3n) is 5.30. The molecule has 1 aliphatic rings. The smallest absolute Gasteiger partial charge is 0.248 e. The highest BCUT2D eigenvalue weighted by Gasteiger charge is 2.14. The lowest BCUT2D eigenvalue weighted by Crippen LogP contribution is -2.13. The van der Waals surface area contributed by atoms with Crippen LogP contribution in [0.3, 0.4) is 0 Å². The molecule has 2 N–H and O–H groups in total. The summed E-state index contributed by atoms with van der Waals surface area (Å²) in [5.41, 5.74) is 2.40. The molecule has 1 fully saturated rings. The van der Waals surface area contributed by atoms with Gasteiger partial charge in [0.05, 0.1) is 28.4 Å². The SMILES string of the molecule is CN(C)CC=CC(=O)Nc1cc2c(Nc3ccc(F)c(Cl)c3)ncnc2cc1C#C[C@@H]1CCOC1. The molecular weight excluding hydrogens is 469 g/mol. The molecule has 1 aliphatic heterocycles. The minimum atomic E-state index is -0.507. The molecule has 3 aromatic rings. The third-order valence-corrected chi connectivity index (χ3v) is 5.58. The van der Waals surface area contributed by atoms with Crippen LogP contribution >= 0.6 is 11.6 Å². The molecule has 1 aromatic heterocycles. The van der Waals surface area contributed by atoms with Gasteiger partial charge in [0.1, 0.15) is 18.0 Å². The number of hydrogen-bond acceptors (Lipinski definition) is 6. The maximum absolute atomic E-state index is 13.6. The number of benzene rings is 2. The summed E-state index contributed by atoms with van der Waals surface area (Å²) >= 11 is 5.92. The van der Waals surface area contributed by atoms with Crippen LogP contribution in [0.4, 0.5) is 21.6 Å². The van der Waals surface area contributed by atoms with E-state index in [-0.39, 0.29) is 16.8 Å². The first kappa shape index (κ1) is 24.6. The molecule has 1 saturated heterocycles.